The van der Waals surface area contributed by atoms with E-state index in [0.717, 1.165) is 49.3 Å². The highest BCUT2D eigenvalue weighted by molar-refractivity contribution is 5.58. The summed E-state index contributed by atoms with van der Waals surface area (Å²) in [6, 6.07) is 0. The van der Waals surface area contributed by atoms with E-state index in [-0.39, 0.29) is 0 Å². The fourth-order valence-electron chi connectivity index (χ4n) is 2.13. The van der Waals surface area contributed by atoms with Gasteiger partial charge in [-0.3, -0.25) is 0 Å². The molecule has 0 amide bonds. The number of aryl methyl sites for hydroxylation is 1. The van der Waals surface area contributed by atoms with Crippen LogP contribution in [0.15, 0.2) is 0 Å². The number of nitrogens with one attached hydrogen (secondary N) is 1. The molecule has 0 saturated heterocycles. The van der Waals surface area contributed by atoms with Gasteiger partial charge in [-0.1, -0.05) is 0 Å². The molecule has 6 nitrogen and oxygen atoms in total. The van der Waals surface area contributed by atoms with Crippen LogP contribution in [-0.2, 0) is 9.47 Å². The van der Waals surface area contributed by atoms with Gasteiger partial charge in [0.15, 0.2) is 0 Å². The molecule has 0 aliphatic heterocycles. The number of aromatic nitrogens is 2. The molecule has 0 aliphatic rings. The van der Waals surface area contributed by atoms with Crippen molar-refractivity contribution in [1.82, 2.24) is 9.97 Å². The molecule has 0 unspecified atom stereocenters. The number of anilines is 2. The number of hydrogen-bond acceptors (Lipinski definition) is 6. The van der Waals surface area contributed by atoms with Crippen LogP contribution >= 0.6 is 0 Å². The molecule has 1 N–H and O–H groups in total. The van der Waals surface area contributed by atoms with Crippen LogP contribution in [0.2, 0.25) is 0 Å². The van der Waals surface area contributed by atoms with E-state index in [1.165, 1.54) is 0 Å². The number of hydrogen-bond donors (Lipinski definition) is 1. The predicted octanol–water partition coefficient (Wildman–Crippen LogP) is 2.01. The number of rotatable bonds is 10. The Hall–Kier alpha value is -1.40. The van der Waals surface area contributed by atoms with Crippen molar-refractivity contribution in [3.63, 3.8) is 0 Å². The molecule has 0 radical (unpaired) electrons. The van der Waals surface area contributed by atoms with E-state index in [1.807, 2.05) is 34.7 Å². The lowest BCUT2D eigenvalue weighted by molar-refractivity contribution is 0.141. The second-order valence-electron chi connectivity index (χ2n) is 4.70. The van der Waals surface area contributed by atoms with Crippen LogP contribution in [0.25, 0.3) is 0 Å². The minimum atomic E-state index is 0.681. The molecule has 0 bridgehead atoms. The summed E-state index contributed by atoms with van der Waals surface area (Å²) in [5.74, 6) is 2.58. The summed E-state index contributed by atoms with van der Waals surface area (Å²) < 4.78 is 11.0. The van der Waals surface area contributed by atoms with Gasteiger partial charge in [-0.05, 0) is 27.7 Å². The van der Waals surface area contributed by atoms with Gasteiger partial charge in [0.25, 0.3) is 0 Å². The normalized spacial score (nSPS) is 10.7. The predicted molar refractivity (Wildman–Crippen MR) is 86.3 cm³/mol. The highest BCUT2D eigenvalue weighted by Gasteiger charge is 2.15. The Morgan fingerprint density at radius 3 is 2.05 bits per heavy atom. The lowest BCUT2D eigenvalue weighted by Gasteiger charge is -2.26. The van der Waals surface area contributed by atoms with Crippen molar-refractivity contribution in [3.8, 4) is 0 Å². The minimum absolute atomic E-state index is 0.681. The summed E-state index contributed by atoms with van der Waals surface area (Å²) in [5.41, 5.74) is 1.05. The number of ether oxygens (including phenoxy) is 2. The van der Waals surface area contributed by atoms with Gasteiger partial charge in [0.1, 0.15) is 17.5 Å². The van der Waals surface area contributed by atoms with E-state index in [1.54, 1.807) is 0 Å². The summed E-state index contributed by atoms with van der Waals surface area (Å²) in [6.45, 7) is 12.4. The van der Waals surface area contributed by atoms with Crippen molar-refractivity contribution in [2.75, 3.05) is 56.8 Å². The topological polar surface area (TPSA) is 59.5 Å². The van der Waals surface area contributed by atoms with Crippen LogP contribution in [0.3, 0.4) is 0 Å². The van der Waals surface area contributed by atoms with Crippen LogP contribution in [-0.4, -0.2) is 56.5 Å². The van der Waals surface area contributed by atoms with Crippen LogP contribution in [0, 0.1) is 13.8 Å². The van der Waals surface area contributed by atoms with Crippen LogP contribution in [0.1, 0.15) is 25.2 Å². The van der Waals surface area contributed by atoms with Crippen LogP contribution < -0.4 is 10.2 Å². The van der Waals surface area contributed by atoms with Crippen molar-refractivity contribution in [3.05, 3.63) is 11.4 Å². The molecule has 1 aromatic heterocycles. The molecular formula is C15H28N4O2. The molecule has 1 aromatic rings. The zero-order chi connectivity index (χ0) is 15.7. The van der Waals surface area contributed by atoms with E-state index in [2.05, 4.69) is 20.2 Å². The maximum Gasteiger partial charge on any atom is 0.137 e. The largest absolute Gasteiger partial charge is 0.380 e. The van der Waals surface area contributed by atoms with E-state index in [4.69, 9.17) is 9.47 Å². The third kappa shape index (κ3) is 5.47. The van der Waals surface area contributed by atoms with Crippen LogP contribution in [0.4, 0.5) is 11.6 Å². The molecule has 0 saturated carbocycles. The standard InChI is InChI=1S/C15H28N4O2/c1-6-20-10-8-19(9-11-21-7-2)15-12(3)14(16-5)17-13(4)18-15/h6-11H2,1-5H3,(H,16,17,18). The summed E-state index contributed by atoms with van der Waals surface area (Å²) >= 11 is 0. The van der Waals surface area contributed by atoms with Gasteiger partial charge in [-0.25, -0.2) is 9.97 Å². The van der Waals surface area contributed by atoms with Gasteiger partial charge >= 0.3 is 0 Å². The molecule has 1 heterocycles. The quantitative estimate of drug-likeness (QED) is 0.667. The first-order valence-corrected chi connectivity index (χ1v) is 7.57. The maximum atomic E-state index is 5.48. The van der Waals surface area contributed by atoms with Crippen molar-refractivity contribution >= 4 is 11.6 Å². The average Bonchev–Trinajstić information content (AvgIpc) is 2.48. The van der Waals surface area contributed by atoms with E-state index >= 15 is 0 Å². The summed E-state index contributed by atoms with van der Waals surface area (Å²) in [4.78, 5) is 11.2. The third-order valence-electron chi connectivity index (χ3n) is 3.19. The molecular weight excluding hydrogens is 268 g/mol. The van der Waals surface area contributed by atoms with Crippen LogP contribution in [0.5, 0.6) is 0 Å². The fraction of sp³-hybridized carbons (Fsp3) is 0.733. The Morgan fingerprint density at radius 1 is 1.00 bits per heavy atom. The maximum absolute atomic E-state index is 5.48. The first-order chi connectivity index (χ1) is 10.1. The Labute approximate surface area is 127 Å². The van der Waals surface area contributed by atoms with Gasteiger partial charge in [0.05, 0.1) is 13.2 Å². The van der Waals surface area contributed by atoms with Crippen molar-refractivity contribution < 1.29 is 9.47 Å². The van der Waals surface area contributed by atoms with Gasteiger partial charge in [0.2, 0.25) is 0 Å². The molecule has 0 atom stereocenters. The van der Waals surface area contributed by atoms with Crippen molar-refractivity contribution in [2.45, 2.75) is 27.7 Å². The summed E-state index contributed by atoms with van der Waals surface area (Å²) in [7, 11) is 1.88. The lowest BCUT2D eigenvalue weighted by atomic mass is 10.2. The summed E-state index contributed by atoms with van der Waals surface area (Å²) in [6.07, 6.45) is 0. The molecule has 0 aliphatic carbocycles. The fourth-order valence-corrected chi connectivity index (χ4v) is 2.13. The average molecular weight is 296 g/mol. The van der Waals surface area contributed by atoms with Crippen molar-refractivity contribution in [2.24, 2.45) is 0 Å². The second-order valence-corrected chi connectivity index (χ2v) is 4.70. The van der Waals surface area contributed by atoms with Crippen molar-refractivity contribution in [1.29, 1.82) is 0 Å². The Kier molecular flexibility index (Phi) is 8.00. The van der Waals surface area contributed by atoms with Gasteiger partial charge < -0.3 is 19.7 Å². The number of nitrogens with zero attached hydrogens (tertiary/aromatic N) is 3. The molecule has 0 aromatic carbocycles. The SMILES string of the molecule is CCOCCN(CCOCC)c1nc(C)nc(NC)c1C. The monoisotopic (exact) mass is 296 g/mol. The van der Waals surface area contributed by atoms with E-state index < -0.39 is 0 Å². The highest BCUT2D eigenvalue weighted by atomic mass is 16.5. The molecule has 0 spiro atoms. The van der Waals surface area contributed by atoms with Gasteiger partial charge in [0, 0.05) is 38.9 Å². The van der Waals surface area contributed by atoms with E-state index in [0.29, 0.717) is 13.2 Å². The van der Waals surface area contributed by atoms with E-state index in [9.17, 15) is 0 Å². The second kappa shape index (κ2) is 9.52. The highest BCUT2D eigenvalue weighted by Crippen LogP contribution is 2.23. The van der Waals surface area contributed by atoms with Gasteiger partial charge in [-0.15, -0.1) is 0 Å². The zero-order valence-corrected chi connectivity index (χ0v) is 13.9. The molecule has 6 heteroatoms. The first-order valence-electron chi connectivity index (χ1n) is 7.57. The molecule has 120 valence electrons. The molecule has 21 heavy (non-hydrogen) atoms. The minimum Gasteiger partial charge on any atom is -0.380 e. The van der Waals surface area contributed by atoms with Gasteiger partial charge in [-0.2, -0.15) is 0 Å². The Bertz CT molecular complexity index is 416. The molecule has 0 fully saturated rings. The third-order valence-corrected chi connectivity index (χ3v) is 3.19. The first kappa shape index (κ1) is 17.7. The lowest BCUT2D eigenvalue weighted by Crippen LogP contribution is -2.33. The smallest absolute Gasteiger partial charge is 0.137 e. The molecule has 1 rings (SSSR count). The Balaban J connectivity index is 2.91. The summed E-state index contributed by atoms with van der Waals surface area (Å²) in [5, 5.41) is 3.13. The zero-order valence-electron chi connectivity index (χ0n) is 13.9. The Morgan fingerprint density at radius 2 is 1.57 bits per heavy atom.